The normalized spacial score (nSPS) is 17.7. The molecule has 2 aromatic rings. The summed E-state index contributed by atoms with van der Waals surface area (Å²) in [6.07, 6.45) is 6.72. The molecule has 0 saturated carbocycles. The maximum Gasteiger partial charge on any atom is 0.303 e. The van der Waals surface area contributed by atoms with E-state index in [4.69, 9.17) is 5.11 Å². The minimum absolute atomic E-state index is 0.0498. The number of anilines is 2. The van der Waals surface area contributed by atoms with Crippen molar-refractivity contribution in [2.24, 2.45) is 5.92 Å². The Bertz CT molecular complexity index is 871. The van der Waals surface area contributed by atoms with Crippen LogP contribution in [0.5, 0.6) is 0 Å². The third kappa shape index (κ3) is 4.31. The van der Waals surface area contributed by atoms with Gasteiger partial charge in [-0.05, 0) is 43.7 Å². The smallest absolute Gasteiger partial charge is 0.303 e. The van der Waals surface area contributed by atoms with E-state index < -0.39 is 17.6 Å². The fraction of sp³-hybridized carbons (Fsp3) is 0.476. The van der Waals surface area contributed by atoms with E-state index in [2.05, 4.69) is 14.9 Å². The number of carboxylic acids is 1. The third-order valence-corrected chi connectivity index (χ3v) is 5.76. The lowest BCUT2D eigenvalue weighted by Gasteiger charge is -2.33. The first-order chi connectivity index (χ1) is 14.0. The summed E-state index contributed by atoms with van der Waals surface area (Å²) in [7, 11) is 0. The van der Waals surface area contributed by atoms with Gasteiger partial charge in [0.2, 0.25) is 0 Å². The molecule has 0 aliphatic carbocycles. The van der Waals surface area contributed by atoms with E-state index in [1.165, 1.54) is 18.3 Å². The van der Waals surface area contributed by atoms with Crippen molar-refractivity contribution < 1.29 is 18.7 Å². The Morgan fingerprint density at radius 1 is 1.03 bits per heavy atom. The van der Waals surface area contributed by atoms with E-state index in [1.54, 1.807) is 11.1 Å². The molecule has 2 fully saturated rings. The van der Waals surface area contributed by atoms with Gasteiger partial charge in [-0.1, -0.05) is 0 Å². The van der Waals surface area contributed by atoms with Gasteiger partial charge in [0.25, 0.3) is 0 Å². The van der Waals surface area contributed by atoms with Crippen LogP contribution in [-0.2, 0) is 4.79 Å². The first-order valence-electron chi connectivity index (χ1n) is 10.0. The molecule has 6 nitrogen and oxygen atoms in total. The first-order valence-corrected chi connectivity index (χ1v) is 10.0. The topological polar surface area (TPSA) is 69.6 Å². The summed E-state index contributed by atoms with van der Waals surface area (Å²) in [5.41, 5.74) is 0.753. The molecular formula is C21H24F2N4O2. The maximum absolute atomic E-state index is 14.9. The number of nitrogens with zero attached hydrogens (tertiary/aromatic N) is 4. The molecule has 1 aromatic carbocycles. The van der Waals surface area contributed by atoms with Gasteiger partial charge in [-0.15, -0.1) is 0 Å². The average Bonchev–Trinajstić information content (AvgIpc) is 3.23. The summed E-state index contributed by atoms with van der Waals surface area (Å²) in [5.74, 6) is -1.32. The highest BCUT2D eigenvalue weighted by Gasteiger charge is 2.26. The van der Waals surface area contributed by atoms with Gasteiger partial charge in [0, 0.05) is 38.2 Å². The number of benzene rings is 1. The summed E-state index contributed by atoms with van der Waals surface area (Å²) in [6, 6.07) is 2.61. The minimum Gasteiger partial charge on any atom is -0.481 e. The highest BCUT2D eigenvalue weighted by molar-refractivity contribution is 5.67. The molecule has 0 atom stereocenters. The van der Waals surface area contributed by atoms with Crippen molar-refractivity contribution in [2.45, 2.75) is 32.1 Å². The van der Waals surface area contributed by atoms with E-state index in [1.807, 2.05) is 0 Å². The molecule has 8 heteroatoms. The standard InChI is InChI=1S/C21H24F2N4O2/c22-16-10-15(18-12-24-13-19(25-18)26-5-1-2-6-26)11-17(23)21(16)27-7-3-14(4-8-27)9-20(28)29/h10-14H,1-9H2,(H,28,29). The van der Waals surface area contributed by atoms with E-state index >= 15 is 0 Å². The largest absolute Gasteiger partial charge is 0.481 e. The number of carboxylic acid groups (broad SMARTS) is 1. The van der Waals surface area contributed by atoms with Gasteiger partial charge < -0.3 is 14.9 Å². The third-order valence-electron chi connectivity index (χ3n) is 5.76. The molecule has 2 aliphatic heterocycles. The van der Waals surface area contributed by atoms with Crippen molar-refractivity contribution in [3.05, 3.63) is 36.2 Å². The van der Waals surface area contributed by atoms with Gasteiger partial charge in [0.05, 0.1) is 18.1 Å². The molecule has 2 aliphatic rings. The Hall–Kier alpha value is -2.77. The van der Waals surface area contributed by atoms with Crippen LogP contribution in [0.15, 0.2) is 24.5 Å². The average molecular weight is 402 g/mol. The van der Waals surface area contributed by atoms with Crippen LogP contribution in [0, 0.1) is 17.6 Å². The Balaban J connectivity index is 1.54. The molecule has 3 heterocycles. The molecule has 0 amide bonds. The fourth-order valence-electron chi connectivity index (χ4n) is 4.22. The van der Waals surface area contributed by atoms with Crippen molar-refractivity contribution in [1.82, 2.24) is 9.97 Å². The van der Waals surface area contributed by atoms with Crippen molar-refractivity contribution in [3.8, 4) is 11.3 Å². The lowest BCUT2D eigenvalue weighted by molar-refractivity contribution is -0.138. The van der Waals surface area contributed by atoms with Crippen molar-refractivity contribution in [1.29, 1.82) is 0 Å². The fourth-order valence-corrected chi connectivity index (χ4v) is 4.22. The first kappa shape index (κ1) is 19.5. The maximum atomic E-state index is 14.9. The summed E-state index contributed by atoms with van der Waals surface area (Å²) >= 11 is 0. The molecule has 0 bridgehead atoms. The van der Waals surface area contributed by atoms with Gasteiger partial charge >= 0.3 is 5.97 Å². The predicted octanol–water partition coefficient (Wildman–Crippen LogP) is 3.71. The Morgan fingerprint density at radius 2 is 1.69 bits per heavy atom. The summed E-state index contributed by atoms with van der Waals surface area (Å²) in [6.45, 7) is 2.71. The van der Waals surface area contributed by atoms with Gasteiger partial charge in [0.1, 0.15) is 23.1 Å². The lowest BCUT2D eigenvalue weighted by atomic mass is 9.93. The molecule has 1 N–H and O–H groups in total. The van der Waals surface area contributed by atoms with Gasteiger partial charge in [-0.25, -0.2) is 13.8 Å². The van der Waals surface area contributed by atoms with Crippen LogP contribution >= 0.6 is 0 Å². The van der Waals surface area contributed by atoms with Crippen LogP contribution in [0.3, 0.4) is 0 Å². The zero-order chi connectivity index (χ0) is 20.4. The minimum atomic E-state index is -0.831. The van der Waals surface area contributed by atoms with Crippen LogP contribution < -0.4 is 9.80 Å². The van der Waals surface area contributed by atoms with Gasteiger partial charge in [-0.2, -0.15) is 0 Å². The molecule has 154 valence electrons. The molecule has 0 radical (unpaired) electrons. The van der Waals surface area contributed by atoms with Crippen molar-refractivity contribution >= 4 is 17.5 Å². The number of carbonyl (C=O) groups is 1. The van der Waals surface area contributed by atoms with Crippen molar-refractivity contribution in [2.75, 3.05) is 36.0 Å². The van der Waals surface area contributed by atoms with Crippen molar-refractivity contribution in [3.63, 3.8) is 0 Å². The van der Waals surface area contributed by atoms with E-state index in [-0.39, 0.29) is 18.0 Å². The summed E-state index contributed by atoms with van der Waals surface area (Å²) in [5, 5.41) is 8.92. The Labute approximate surface area is 168 Å². The Morgan fingerprint density at radius 3 is 2.31 bits per heavy atom. The summed E-state index contributed by atoms with van der Waals surface area (Å²) in [4.78, 5) is 23.4. The second kappa shape index (κ2) is 8.31. The molecule has 29 heavy (non-hydrogen) atoms. The number of aliphatic carboxylic acids is 1. The quantitative estimate of drug-likeness (QED) is 0.822. The summed E-state index contributed by atoms with van der Waals surface area (Å²) < 4.78 is 29.7. The number of piperidine rings is 1. The number of rotatable bonds is 5. The van der Waals surface area contributed by atoms with Crippen LogP contribution in [0.2, 0.25) is 0 Å². The molecule has 4 rings (SSSR count). The zero-order valence-corrected chi connectivity index (χ0v) is 16.2. The van der Waals surface area contributed by atoms with Crippen LogP contribution in [0.25, 0.3) is 11.3 Å². The lowest BCUT2D eigenvalue weighted by Crippen LogP contribution is -2.35. The highest BCUT2D eigenvalue weighted by Crippen LogP contribution is 2.33. The second-order valence-electron chi connectivity index (χ2n) is 7.77. The van der Waals surface area contributed by atoms with Crippen LogP contribution in [-0.4, -0.2) is 47.2 Å². The number of halogens is 2. The second-order valence-corrected chi connectivity index (χ2v) is 7.77. The van der Waals surface area contributed by atoms with E-state index in [0.717, 1.165) is 31.7 Å². The highest BCUT2D eigenvalue weighted by atomic mass is 19.1. The molecule has 1 aromatic heterocycles. The van der Waals surface area contributed by atoms with Gasteiger partial charge in [-0.3, -0.25) is 9.78 Å². The van der Waals surface area contributed by atoms with Gasteiger partial charge in [0.15, 0.2) is 0 Å². The molecular weight excluding hydrogens is 378 g/mol. The SMILES string of the molecule is O=C(O)CC1CCN(c2c(F)cc(-c3cncc(N4CCCC4)n3)cc2F)CC1. The molecule has 0 unspecified atom stereocenters. The Kier molecular flexibility index (Phi) is 5.60. The zero-order valence-electron chi connectivity index (χ0n) is 16.2. The molecule has 0 spiro atoms. The number of hydrogen-bond donors (Lipinski definition) is 1. The molecule has 2 saturated heterocycles. The van der Waals surface area contributed by atoms with Crippen LogP contribution in [0.1, 0.15) is 32.1 Å². The van der Waals surface area contributed by atoms with E-state index in [0.29, 0.717) is 37.2 Å². The number of aromatic nitrogens is 2. The monoisotopic (exact) mass is 402 g/mol. The number of hydrogen-bond acceptors (Lipinski definition) is 5. The van der Waals surface area contributed by atoms with E-state index in [9.17, 15) is 13.6 Å². The van der Waals surface area contributed by atoms with Crippen LogP contribution in [0.4, 0.5) is 20.3 Å². The predicted molar refractivity (Wildman–Crippen MR) is 106 cm³/mol.